The van der Waals surface area contributed by atoms with E-state index in [0.29, 0.717) is 24.3 Å². The lowest BCUT2D eigenvalue weighted by Gasteiger charge is -2.42. The summed E-state index contributed by atoms with van der Waals surface area (Å²) >= 11 is 11.1. The van der Waals surface area contributed by atoms with Crippen molar-refractivity contribution in [3.63, 3.8) is 0 Å². The van der Waals surface area contributed by atoms with Crippen molar-refractivity contribution < 1.29 is 48.0 Å². The van der Waals surface area contributed by atoms with Crippen molar-refractivity contribution in [1.29, 1.82) is 0 Å². The topological polar surface area (TPSA) is 156 Å². The van der Waals surface area contributed by atoms with Crippen LogP contribution in [0.5, 0.6) is 5.75 Å². The minimum absolute atomic E-state index is 0.00636. The molecule has 3 aliphatic rings. The van der Waals surface area contributed by atoms with Gasteiger partial charge in [0.1, 0.15) is 40.7 Å². The molecule has 4 bridgehead atoms. The number of nitrogens with one attached hydrogen (secondary N) is 1. The molecule has 4 rings (SSSR count). The minimum Gasteiger partial charge on any atom is -0.495 e. The lowest BCUT2D eigenvalue weighted by Crippen LogP contribution is -2.63. The monoisotopic (exact) mass is 765 g/mol. The van der Waals surface area contributed by atoms with Gasteiger partial charge in [0.25, 0.3) is 0 Å². The highest BCUT2D eigenvalue weighted by Crippen LogP contribution is 2.49. The summed E-state index contributed by atoms with van der Waals surface area (Å²) in [4.78, 5) is 56.2. The van der Waals surface area contributed by atoms with Gasteiger partial charge in [-0.3, -0.25) is 14.9 Å². The molecule has 288 valence electrons. The van der Waals surface area contributed by atoms with Crippen LogP contribution in [-0.2, 0) is 39.8 Å². The van der Waals surface area contributed by atoms with Gasteiger partial charge in [0.2, 0.25) is 11.8 Å². The highest BCUT2D eigenvalue weighted by Gasteiger charge is 2.64. The number of ether oxygens (including phenoxy) is 5. The number of hydrogen-bond donors (Lipinski definition) is 3. The molecule has 15 heteroatoms. The molecule has 0 aliphatic carbocycles. The maximum atomic E-state index is 14.1. The lowest BCUT2D eigenvalue weighted by molar-refractivity contribution is -0.162. The number of amides is 3. The molecule has 9 atom stereocenters. The molecule has 52 heavy (non-hydrogen) atoms. The summed E-state index contributed by atoms with van der Waals surface area (Å²) < 4.78 is 29.2. The highest BCUT2D eigenvalue weighted by molar-refractivity contribution is 7.80. The number of nitrogens with zero attached hydrogens (tertiary/aromatic N) is 2. The van der Waals surface area contributed by atoms with Gasteiger partial charge >= 0.3 is 12.1 Å². The van der Waals surface area contributed by atoms with E-state index < -0.39 is 65.7 Å². The number of hydrogen-bond acceptors (Lipinski definition) is 11. The Labute approximate surface area is 316 Å². The van der Waals surface area contributed by atoms with Gasteiger partial charge in [-0.2, -0.15) is 12.6 Å². The summed E-state index contributed by atoms with van der Waals surface area (Å²) in [5, 5.41) is 14.5. The van der Waals surface area contributed by atoms with Crippen LogP contribution in [0.15, 0.2) is 35.9 Å². The SMILES string of the molecule is COc1cc2cc(c1Cl)N(C)C(=O)C[C@H](OC(=O)[C@H](C)N(C)C(=O)CCC(C)S)C1(C)OC1[C@H](C)C1C[C@@](O)(NC(=O)O1)[C@H](OC)/C=C/C=C(\C)C2. The number of methoxy groups -OCH3 is 2. The van der Waals surface area contributed by atoms with E-state index in [1.54, 1.807) is 52.1 Å². The number of likely N-dealkylation sites (N-methyl/N-ethyl adjacent to an activating group) is 1. The summed E-state index contributed by atoms with van der Waals surface area (Å²) in [6.07, 6.45) is 1.69. The zero-order chi connectivity index (χ0) is 38.7. The molecular formula is C37H52ClN3O10S. The second kappa shape index (κ2) is 16.8. The zero-order valence-electron chi connectivity index (χ0n) is 31.3. The molecule has 2 saturated heterocycles. The number of carbonyl (C=O) groups is 4. The number of allylic oxidation sites excluding steroid dienone is 3. The lowest BCUT2D eigenvalue weighted by atomic mass is 9.83. The number of rotatable bonds is 8. The van der Waals surface area contributed by atoms with E-state index in [-0.39, 0.29) is 35.4 Å². The van der Waals surface area contributed by atoms with E-state index in [2.05, 4.69) is 17.9 Å². The van der Waals surface area contributed by atoms with Crippen LogP contribution < -0.4 is 15.0 Å². The van der Waals surface area contributed by atoms with Crippen LogP contribution >= 0.6 is 24.2 Å². The standard InChI is InChI=1S/C37H52ClN3O10S/c1-20-11-10-12-28(48-9)37(46)19-27(49-35(45)39-37)22(3)33-36(5,51-33)29(50-34(44)23(4)40(6)30(42)14-13-21(2)52)18-31(43)41(7)25-16-24(15-20)17-26(47-8)32(25)38/h10-12,16-17,21-23,27-29,33,46,52H,13-15,18-19H2,1-9H3,(H,39,45)/b12-10+,20-11+/t21?,22-,23+,27?,28-,29+,33?,36?,37+/m1/s1. The van der Waals surface area contributed by atoms with Crippen LogP contribution in [0.25, 0.3) is 0 Å². The van der Waals surface area contributed by atoms with Gasteiger partial charge in [-0.1, -0.05) is 49.2 Å². The Morgan fingerprint density at radius 2 is 1.94 bits per heavy atom. The van der Waals surface area contributed by atoms with Gasteiger partial charge in [-0.15, -0.1) is 0 Å². The van der Waals surface area contributed by atoms with Gasteiger partial charge in [0, 0.05) is 40.0 Å². The van der Waals surface area contributed by atoms with Gasteiger partial charge in [0.15, 0.2) is 5.72 Å². The number of aliphatic hydroxyl groups is 1. The van der Waals surface area contributed by atoms with Crippen molar-refractivity contribution in [2.24, 2.45) is 5.92 Å². The summed E-state index contributed by atoms with van der Waals surface area (Å²) in [5.41, 5.74) is -0.906. The number of esters is 1. The number of anilines is 1. The smallest absolute Gasteiger partial charge is 0.409 e. The Bertz CT molecular complexity index is 1590. The van der Waals surface area contributed by atoms with Gasteiger partial charge < -0.3 is 38.6 Å². The largest absolute Gasteiger partial charge is 0.495 e. The maximum absolute atomic E-state index is 14.1. The Balaban J connectivity index is 1.75. The summed E-state index contributed by atoms with van der Waals surface area (Å²) in [6.45, 7) is 8.88. The maximum Gasteiger partial charge on any atom is 0.409 e. The molecule has 2 fully saturated rings. The number of thiol groups is 1. The first-order chi connectivity index (χ1) is 24.3. The van der Waals surface area contributed by atoms with Crippen molar-refractivity contribution in [2.45, 2.75) is 114 Å². The molecule has 3 amide bonds. The van der Waals surface area contributed by atoms with E-state index >= 15 is 0 Å². The summed E-state index contributed by atoms with van der Waals surface area (Å²) in [5.74, 6) is -1.56. The number of halogens is 1. The second-order valence-electron chi connectivity index (χ2n) is 14.3. The van der Waals surface area contributed by atoms with Crippen LogP contribution in [0.4, 0.5) is 10.5 Å². The fourth-order valence-electron chi connectivity index (χ4n) is 6.73. The van der Waals surface area contributed by atoms with Gasteiger partial charge in [-0.05, 0) is 56.6 Å². The molecule has 0 spiro atoms. The number of epoxide rings is 1. The van der Waals surface area contributed by atoms with Crippen molar-refractivity contribution in [1.82, 2.24) is 10.2 Å². The average Bonchev–Trinajstić information content (AvgIpc) is 3.79. The molecular weight excluding hydrogens is 714 g/mol. The summed E-state index contributed by atoms with van der Waals surface area (Å²) in [6, 6.07) is 2.61. The van der Waals surface area contributed by atoms with Crippen LogP contribution in [0.2, 0.25) is 5.02 Å². The van der Waals surface area contributed by atoms with Gasteiger partial charge in [0.05, 0.1) is 25.3 Å². The molecule has 0 radical (unpaired) electrons. The van der Waals surface area contributed by atoms with Crippen LogP contribution in [-0.4, -0.2) is 109 Å². The van der Waals surface area contributed by atoms with Gasteiger partial charge in [-0.25, -0.2) is 9.59 Å². The number of alkyl carbamates (subject to hydrolysis) is 1. The first-order valence-electron chi connectivity index (χ1n) is 17.4. The van der Waals surface area contributed by atoms with Crippen LogP contribution in [0.1, 0.15) is 65.9 Å². The molecule has 13 nitrogen and oxygen atoms in total. The third-order valence-electron chi connectivity index (χ3n) is 10.3. The first-order valence-corrected chi connectivity index (χ1v) is 18.3. The Kier molecular flexibility index (Phi) is 13.4. The highest BCUT2D eigenvalue weighted by atomic mass is 35.5. The van der Waals surface area contributed by atoms with Crippen molar-refractivity contribution in [3.8, 4) is 5.75 Å². The molecule has 3 heterocycles. The van der Waals surface area contributed by atoms with E-state index in [4.69, 9.17) is 35.3 Å². The van der Waals surface area contributed by atoms with Crippen LogP contribution in [0.3, 0.4) is 0 Å². The molecule has 0 saturated carbocycles. The quantitative estimate of drug-likeness (QED) is 0.194. The molecule has 0 aromatic heterocycles. The Hall–Kier alpha value is -3.30. The normalized spacial score (nSPS) is 32.2. The summed E-state index contributed by atoms with van der Waals surface area (Å²) in [7, 11) is 6.02. The third kappa shape index (κ3) is 9.25. The third-order valence-corrected chi connectivity index (χ3v) is 10.9. The van der Waals surface area contributed by atoms with Crippen molar-refractivity contribution >= 4 is 53.8 Å². The zero-order valence-corrected chi connectivity index (χ0v) is 33.0. The first kappa shape index (κ1) is 41.5. The molecule has 1 aromatic carbocycles. The molecule has 3 aliphatic heterocycles. The molecule has 2 N–H and O–H groups in total. The fraction of sp³-hybridized carbons (Fsp3) is 0.622. The molecule has 4 unspecified atom stereocenters. The van der Waals surface area contributed by atoms with E-state index in [1.165, 1.54) is 31.1 Å². The minimum atomic E-state index is -1.82. The number of carbonyl (C=O) groups excluding carboxylic acids is 4. The number of benzene rings is 1. The predicted molar refractivity (Wildman–Crippen MR) is 199 cm³/mol. The van der Waals surface area contributed by atoms with E-state index in [9.17, 15) is 24.3 Å². The average molecular weight is 766 g/mol. The second-order valence-corrected chi connectivity index (χ2v) is 15.6. The van der Waals surface area contributed by atoms with E-state index in [1.807, 2.05) is 19.9 Å². The number of fused-ring (bicyclic) bond motifs is 5. The van der Waals surface area contributed by atoms with Crippen molar-refractivity contribution in [2.75, 3.05) is 33.2 Å². The van der Waals surface area contributed by atoms with E-state index in [0.717, 1.165) is 11.1 Å². The Morgan fingerprint density at radius 1 is 1.25 bits per heavy atom. The van der Waals surface area contributed by atoms with Crippen LogP contribution in [0, 0.1) is 5.92 Å². The Morgan fingerprint density at radius 3 is 2.58 bits per heavy atom. The predicted octanol–water partition coefficient (Wildman–Crippen LogP) is 4.61. The van der Waals surface area contributed by atoms with Crippen molar-refractivity contribution in [3.05, 3.63) is 46.5 Å². The fourth-order valence-corrected chi connectivity index (χ4v) is 7.17. The molecule has 1 aromatic rings.